The van der Waals surface area contributed by atoms with Gasteiger partial charge in [0.1, 0.15) is 5.82 Å². The lowest BCUT2D eigenvalue weighted by atomic mass is 9.92. The third-order valence-electron chi connectivity index (χ3n) is 3.21. The third kappa shape index (κ3) is 1.73. The normalized spacial score (nSPS) is 15.4. The van der Waals surface area contributed by atoms with Crippen LogP contribution in [0.15, 0.2) is 24.3 Å². The molecule has 1 aromatic heterocycles. The van der Waals surface area contributed by atoms with Gasteiger partial charge >= 0.3 is 0 Å². The molecule has 0 bridgehead atoms. The lowest BCUT2D eigenvalue weighted by Gasteiger charge is -2.28. The number of fused-ring (bicyclic) bond motifs is 1. The van der Waals surface area contributed by atoms with Gasteiger partial charge in [-0.05, 0) is 38.3 Å². The molecule has 1 aliphatic carbocycles. The molecule has 3 rings (SSSR count). The summed E-state index contributed by atoms with van der Waals surface area (Å²) in [6.07, 6.45) is 4.01. The van der Waals surface area contributed by atoms with Crippen LogP contribution in [0.1, 0.15) is 45.0 Å². The van der Waals surface area contributed by atoms with Crippen LogP contribution in [-0.4, -0.2) is 9.55 Å². The zero-order valence-corrected chi connectivity index (χ0v) is 10.4. The van der Waals surface area contributed by atoms with Crippen LogP contribution in [0.4, 0.5) is 0 Å². The Morgan fingerprint density at radius 1 is 1.19 bits per heavy atom. The molecule has 0 unspecified atom stereocenters. The first-order chi connectivity index (χ1) is 7.86. The van der Waals surface area contributed by atoms with Crippen LogP contribution in [0.2, 0.25) is 0 Å². The van der Waals surface area contributed by atoms with E-state index in [1.807, 2.05) is 13.8 Å². The van der Waals surface area contributed by atoms with Gasteiger partial charge in [-0.15, -0.1) is 0 Å². The van der Waals surface area contributed by atoms with E-state index in [1.54, 1.807) is 0 Å². The molecule has 2 nitrogen and oxygen atoms in total. The fourth-order valence-electron chi connectivity index (χ4n) is 2.27. The maximum absolute atomic E-state index is 4.58. The van der Waals surface area contributed by atoms with Crippen molar-refractivity contribution in [1.82, 2.24) is 9.55 Å². The summed E-state index contributed by atoms with van der Waals surface area (Å²) in [4.78, 5) is 4.58. The highest BCUT2D eigenvalue weighted by atomic mass is 15.1. The average molecular weight is 216 g/mol. The smallest absolute Gasteiger partial charge is 0.106 e. The molecule has 0 aliphatic heterocycles. The van der Waals surface area contributed by atoms with Gasteiger partial charge in [0.2, 0.25) is 0 Å². The van der Waals surface area contributed by atoms with Crippen molar-refractivity contribution in [2.45, 2.75) is 46.1 Å². The largest absolute Gasteiger partial charge is 0.325 e. The van der Waals surface area contributed by atoms with Crippen LogP contribution in [-0.2, 0) is 0 Å². The average Bonchev–Trinajstić information content (AvgIpc) is 2.57. The Bertz CT molecular complexity index is 467. The van der Waals surface area contributed by atoms with Gasteiger partial charge in [-0.2, -0.15) is 0 Å². The standard InChI is InChI=1S/C12H14N2.C2H6/c1-9-13-11-7-2-3-8-12(11)14(9)10-5-4-6-10;1-2/h2-3,7-8,10H,4-6H2,1H3;1-2H3. The summed E-state index contributed by atoms with van der Waals surface area (Å²) in [5.41, 5.74) is 2.44. The summed E-state index contributed by atoms with van der Waals surface area (Å²) in [6, 6.07) is 9.13. The van der Waals surface area contributed by atoms with Crippen LogP contribution >= 0.6 is 0 Å². The predicted molar refractivity (Wildman–Crippen MR) is 68.7 cm³/mol. The lowest BCUT2D eigenvalue weighted by molar-refractivity contribution is 0.316. The van der Waals surface area contributed by atoms with E-state index in [2.05, 4.69) is 40.7 Å². The Morgan fingerprint density at radius 2 is 1.88 bits per heavy atom. The van der Waals surface area contributed by atoms with Gasteiger partial charge < -0.3 is 4.57 Å². The Labute approximate surface area is 97.3 Å². The number of nitrogens with zero attached hydrogens (tertiary/aromatic N) is 2. The monoisotopic (exact) mass is 216 g/mol. The van der Waals surface area contributed by atoms with Crippen molar-refractivity contribution in [2.24, 2.45) is 0 Å². The Balaban J connectivity index is 0.000000457. The highest BCUT2D eigenvalue weighted by molar-refractivity contribution is 5.76. The van der Waals surface area contributed by atoms with Crippen LogP contribution in [0.5, 0.6) is 0 Å². The molecular formula is C14H20N2. The number of imidazole rings is 1. The summed E-state index contributed by atoms with van der Waals surface area (Å²) in [5, 5.41) is 0. The quantitative estimate of drug-likeness (QED) is 0.702. The zero-order chi connectivity index (χ0) is 11.5. The van der Waals surface area contributed by atoms with E-state index in [9.17, 15) is 0 Å². The first kappa shape index (κ1) is 11.2. The lowest BCUT2D eigenvalue weighted by Crippen LogP contribution is -2.17. The van der Waals surface area contributed by atoms with Crippen molar-refractivity contribution in [1.29, 1.82) is 0 Å². The van der Waals surface area contributed by atoms with Crippen molar-refractivity contribution >= 4 is 11.0 Å². The Hall–Kier alpha value is -1.31. The van der Waals surface area contributed by atoms with Crippen molar-refractivity contribution in [3.63, 3.8) is 0 Å². The maximum Gasteiger partial charge on any atom is 0.106 e. The number of para-hydroxylation sites is 2. The van der Waals surface area contributed by atoms with E-state index < -0.39 is 0 Å². The van der Waals surface area contributed by atoms with E-state index in [0.717, 1.165) is 11.3 Å². The number of hydrogen-bond acceptors (Lipinski definition) is 1. The topological polar surface area (TPSA) is 17.8 Å². The number of benzene rings is 1. The molecule has 16 heavy (non-hydrogen) atoms. The second kappa shape index (κ2) is 4.69. The molecule has 0 radical (unpaired) electrons. The molecule has 0 amide bonds. The van der Waals surface area contributed by atoms with E-state index in [-0.39, 0.29) is 0 Å². The van der Waals surface area contributed by atoms with Gasteiger partial charge in [0.05, 0.1) is 11.0 Å². The van der Waals surface area contributed by atoms with Gasteiger partial charge in [-0.1, -0.05) is 26.0 Å². The molecule has 2 aromatic rings. The summed E-state index contributed by atoms with van der Waals surface area (Å²) >= 11 is 0. The number of aromatic nitrogens is 2. The second-order valence-corrected chi connectivity index (χ2v) is 4.10. The summed E-state index contributed by atoms with van der Waals surface area (Å²) in [7, 11) is 0. The first-order valence-corrected chi connectivity index (χ1v) is 6.30. The van der Waals surface area contributed by atoms with Crippen LogP contribution in [0.3, 0.4) is 0 Å². The summed E-state index contributed by atoms with van der Waals surface area (Å²) in [6.45, 7) is 6.11. The minimum atomic E-state index is 0.711. The highest BCUT2D eigenvalue weighted by Gasteiger charge is 2.22. The van der Waals surface area contributed by atoms with Crippen molar-refractivity contribution in [2.75, 3.05) is 0 Å². The van der Waals surface area contributed by atoms with E-state index in [0.29, 0.717) is 6.04 Å². The van der Waals surface area contributed by atoms with Gasteiger partial charge in [0, 0.05) is 6.04 Å². The fourth-order valence-corrected chi connectivity index (χ4v) is 2.27. The molecular weight excluding hydrogens is 196 g/mol. The number of rotatable bonds is 1. The summed E-state index contributed by atoms with van der Waals surface area (Å²) < 4.78 is 2.40. The molecule has 1 aliphatic rings. The third-order valence-corrected chi connectivity index (χ3v) is 3.21. The van der Waals surface area contributed by atoms with E-state index in [1.165, 1.54) is 24.8 Å². The number of aryl methyl sites for hydroxylation is 1. The second-order valence-electron chi connectivity index (χ2n) is 4.10. The molecule has 86 valence electrons. The SMILES string of the molecule is CC.Cc1nc2ccccc2n1C1CCC1. The minimum absolute atomic E-state index is 0.711. The molecule has 0 atom stereocenters. The molecule has 0 saturated heterocycles. The first-order valence-electron chi connectivity index (χ1n) is 6.30. The highest BCUT2D eigenvalue weighted by Crippen LogP contribution is 2.35. The van der Waals surface area contributed by atoms with E-state index in [4.69, 9.17) is 0 Å². The molecule has 1 aromatic carbocycles. The Kier molecular flexibility index (Phi) is 3.28. The molecule has 1 saturated carbocycles. The fraction of sp³-hybridized carbons (Fsp3) is 0.500. The number of hydrogen-bond donors (Lipinski definition) is 0. The van der Waals surface area contributed by atoms with Crippen molar-refractivity contribution < 1.29 is 0 Å². The van der Waals surface area contributed by atoms with Gasteiger partial charge in [-0.25, -0.2) is 4.98 Å². The predicted octanol–water partition coefficient (Wildman–Crippen LogP) is 4.10. The molecule has 1 heterocycles. The van der Waals surface area contributed by atoms with E-state index >= 15 is 0 Å². The van der Waals surface area contributed by atoms with Crippen LogP contribution in [0, 0.1) is 6.92 Å². The maximum atomic E-state index is 4.58. The van der Waals surface area contributed by atoms with Gasteiger partial charge in [0.15, 0.2) is 0 Å². The van der Waals surface area contributed by atoms with Crippen LogP contribution < -0.4 is 0 Å². The molecule has 0 N–H and O–H groups in total. The Morgan fingerprint density at radius 3 is 2.50 bits per heavy atom. The molecule has 0 spiro atoms. The van der Waals surface area contributed by atoms with Gasteiger partial charge in [-0.3, -0.25) is 0 Å². The van der Waals surface area contributed by atoms with Crippen molar-refractivity contribution in [3.05, 3.63) is 30.1 Å². The van der Waals surface area contributed by atoms with Crippen LogP contribution in [0.25, 0.3) is 11.0 Å². The van der Waals surface area contributed by atoms with Gasteiger partial charge in [0.25, 0.3) is 0 Å². The minimum Gasteiger partial charge on any atom is -0.325 e. The molecule has 1 fully saturated rings. The van der Waals surface area contributed by atoms with Crippen molar-refractivity contribution in [3.8, 4) is 0 Å². The summed E-state index contributed by atoms with van der Waals surface area (Å²) in [5.74, 6) is 1.16. The molecule has 2 heteroatoms. The zero-order valence-electron chi connectivity index (χ0n) is 10.4.